The molecule has 0 saturated carbocycles. The lowest BCUT2D eigenvalue weighted by molar-refractivity contribution is -0.115. The molecule has 0 rings (SSSR count). The molecule has 7 heteroatoms. The third-order valence-corrected chi connectivity index (χ3v) is 0.843. The smallest absolute Gasteiger partial charge is 0.351 e. The largest absolute Gasteiger partial charge is 0.397 e. The Morgan fingerprint density at radius 3 is 1.64 bits per heavy atom. The van der Waals surface area contributed by atoms with Crippen molar-refractivity contribution in [1.29, 1.82) is 0 Å². The van der Waals surface area contributed by atoms with Crippen LogP contribution in [0.3, 0.4) is 0 Å². The first-order valence-electron chi connectivity index (χ1n) is 2.48. The van der Waals surface area contributed by atoms with Gasteiger partial charge >= 0.3 is 10.4 Å². The Bertz CT molecular complexity index is 185. The maximum atomic E-state index is 9.43. The Balaban J connectivity index is 0. The summed E-state index contributed by atoms with van der Waals surface area (Å²) < 4.78 is 29.7. The van der Waals surface area contributed by atoms with Gasteiger partial charge in [-0.2, -0.15) is 8.42 Å². The Morgan fingerprint density at radius 1 is 1.45 bits per heavy atom. The second-order valence-electron chi connectivity index (χ2n) is 1.66. The maximum absolute atomic E-state index is 9.43. The van der Waals surface area contributed by atoms with Crippen molar-refractivity contribution in [2.24, 2.45) is 0 Å². The van der Waals surface area contributed by atoms with Crippen LogP contribution >= 0.6 is 0 Å². The number of carbonyl (C=O) groups excluding carboxylic acids is 1. The third kappa shape index (κ3) is 26.7. The zero-order valence-electron chi connectivity index (χ0n) is 6.51. The van der Waals surface area contributed by atoms with Gasteiger partial charge in [0, 0.05) is 14.1 Å². The molecule has 68 valence electrons. The first-order chi connectivity index (χ1) is 4.83. The molecule has 0 radical (unpaired) electrons. The summed E-state index contributed by atoms with van der Waals surface area (Å²) in [7, 11) is 0.0833. The van der Waals surface area contributed by atoms with Crippen molar-refractivity contribution in [1.82, 2.24) is 4.90 Å². The number of carbonyl (C=O) groups is 1. The van der Waals surface area contributed by atoms with Crippen molar-refractivity contribution in [3.05, 3.63) is 0 Å². The summed E-state index contributed by atoms with van der Waals surface area (Å²) >= 11 is 0. The van der Waals surface area contributed by atoms with Gasteiger partial charge in [-0.3, -0.25) is 13.5 Å². The van der Waals surface area contributed by atoms with Crippen LogP contribution in [0.5, 0.6) is 0 Å². The summed E-state index contributed by atoms with van der Waals surface area (Å²) in [5, 5.41) is 0. The highest BCUT2D eigenvalue weighted by Gasteiger charge is 1.93. The van der Waals surface area contributed by atoms with E-state index in [1.54, 1.807) is 14.1 Å². The first-order valence-corrected chi connectivity index (χ1v) is 3.84. The van der Waals surface area contributed by atoms with Gasteiger partial charge < -0.3 is 4.90 Å². The minimum atomic E-state index is -4.16. The van der Waals surface area contributed by atoms with Crippen LogP contribution in [-0.2, 0) is 19.4 Å². The Labute approximate surface area is 65.7 Å². The van der Waals surface area contributed by atoms with Gasteiger partial charge in [-0.1, -0.05) is 0 Å². The number of rotatable bonds is 2. The van der Waals surface area contributed by atoms with Gasteiger partial charge in [0.15, 0.2) is 0 Å². The van der Waals surface area contributed by atoms with E-state index in [2.05, 4.69) is 4.18 Å². The highest BCUT2D eigenvalue weighted by Crippen LogP contribution is 1.74. The summed E-state index contributed by atoms with van der Waals surface area (Å²) in [6.45, 7) is 0. The van der Waals surface area contributed by atoms with Crippen LogP contribution in [0.4, 0.5) is 0 Å². The molecule has 0 unspecified atom stereocenters. The molecule has 11 heavy (non-hydrogen) atoms. The van der Waals surface area contributed by atoms with Crippen molar-refractivity contribution in [3.63, 3.8) is 0 Å². The van der Waals surface area contributed by atoms with Gasteiger partial charge in [-0.25, -0.2) is 0 Å². The molecule has 0 saturated heterocycles. The molecule has 0 bridgehead atoms. The van der Waals surface area contributed by atoms with Gasteiger partial charge in [-0.15, -0.1) is 0 Å². The highest BCUT2D eigenvalue weighted by molar-refractivity contribution is 7.80. The minimum Gasteiger partial charge on any atom is -0.351 e. The third-order valence-electron chi connectivity index (χ3n) is 0.421. The van der Waals surface area contributed by atoms with E-state index in [1.165, 1.54) is 4.90 Å². The van der Waals surface area contributed by atoms with Crippen LogP contribution in [-0.4, -0.2) is 45.5 Å². The van der Waals surface area contributed by atoms with E-state index in [0.717, 1.165) is 13.5 Å². The number of hydrogen-bond donors (Lipinski definition) is 1. The van der Waals surface area contributed by atoms with Crippen LogP contribution in [0.2, 0.25) is 0 Å². The van der Waals surface area contributed by atoms with Crippen molar-refractivity contribution in [2.45, 2.75) is 0 Å². The van der Waals surface area contributed by atoms with Gasteiger partial charge in [0.2, 0.25) is 6.41 Å². The molecule has 0 fully saturated rings. The van der Waals surface area contributed by atoms with Crippen molar-refractivity contribution in [3.8, 4) is 0 Å². The predicted octanol–water partition coefficient (Wildman–Crippen LogP) is -0.860. The van der Waals surface area contributed by atoms with Crippen LogP contribution in [0.15, 0.2) is 0 Å². The minimum absolute atomic E-state index is 0.750. The zero-order chi connectivity index (χ0) is 9.49. The number of amides is 1. The number of hydrogen-bond acceptors (Lipinski definition) is 4. The summed E-state index contributed by atoms with van der Waals surface area (Å²) in [6, 6.07) is 0. The fourth-order valence-electron chi connectivity index (χ4n) is 0. The van der Waals surface area contributed by atoms with Crippen molar-refractivity contribution >= 4 is 16.8 Å². The molecule has 0 aliphatic heterocycles. The van der Waals surface area contributed by atoms with Crippen LogP contribution < -0.4 is 0 Å². The van der Waals surface area contributed by atoms with E-state index in [1.807, 2.05) is 0 Å². The molecule has 1 N–H and O–H groups in total. The van der Waals surface area contributed by atoms with Gasteiger partial charge in [0.1, 0.15) is 0 Å². The normalized spacial score (nSPS) is 9.45. The predicted molar refractivity (Wildman–Crippen MR) is 38.3 cm³/mol. The summed E-state index contributed by atoms with van der Waals surface area (Å²) in [4.78, 5) is 10.9. The summed E-state index contributed by atoms with van der Waals surface area (Å²) in [5.41, 5.74) is 0. The molecule has 0 aromatic rings. The average molecular weight is 185 g/mol. The quantitative estimate of drug-likeness (QED) is 0.447. The topological polar surface area (TPSA) is 83.9 Å². The monoisotopic (exact) mass is 185 g/mol. The lowest BCUT2D eigenvalue weighted by Crippen LogP contribution is -2.06. The van der Waals surface area contributed by atoms with Crippen LogP contribution in [0.25, 0.3) is 0 Å². The second kappa shape index (κ2) is 6.08. The highest BCUT2D eigenvalue weighted by atomic mass is 32.3. The molecule has 1 amide bonds. The fourth-order valence-corrected chi connectivity index (χ4v) is 0. The first kappa shape index (κ1) is 13.0. The van der Waals surface area contributed by atoms with Crippen LogP contribution in [0.1, 0.15) is 0 Å². The van der Waals surface area contributed by atoms with Gasteiger partial charge in [0.25, 0.3) is 0 Å². The van der Waals surface area contributed by atoms with Crippen molar-refractivity contribution < 1.29 is 21.9 Å². The lowest BCUT2D eigenvalue weighted by atomic mass is 11.0. The van der Waals surface area contributed by atoms with E-state index in [9.17, 15) is 13.2 Å². The van der Waals surface area contributed by atoms with Crippen molar-refractivity contribution in [2.75, 3.05) is 21.2 Å². The Hall–Kier alpha value is -0.660. The molecule has 0 aromatic carbocycles. The standard InChI is InChI=1S/C3H7NO.CH4O4S/c1-4(2)3-5;1-5-6(2,3)4/h3H,1-2H3;1H3,(H,2,3,4). The summed E-state index contributed by atoms with van der Waals surface area (Å²) in [6.07, 6.45) is 0.750. The Morgan fingerprint density at radius 2 is 1.64 bits per heavy atom. The Kier molecular flexibility index (Phi) is 7.16. The van der Waals surface area contributed by atoms with E-state index < -0.39 is 10.4 Å². The molecular weight excluding hydrogens is 174 g/mol. The van der Waals surface area contributed by atoms with Gasteiger partial charge in [0.05, 0.1) is 7.11 Å². The zero-order valence-corrected chi connectivity index (χ0v) is 7.33. The van der Waals surface area contributed by atoms with E-state index >= 15 is 0 Å². The maximum Gasteiger partial charge on any atom is 0.397 e. The fraction of sp³-hybridized carbons (Fsp3) is 0.750. The summed E-state index contributed by atoms with van der Waals surface area (Å²) in [5.74, 6) is 0. The molecule has 0 atom stereocenters. The lowest BCUT2D eigenvalue weighted by Gasteiger charge is -1.93. The SMILES string of the molecule is CN(C)C=O.COS(=O)(=O)O. The molecule has 6 nitrogen and oxygen atoms in total. The molecule has 0 heterocycles. The molecular formula is C4H11NO5S. The molecule has 0 spiro atoms. The second-order valence-corrected chi connectivity index (χ2v) is 2.85. The van der Waals surface area contributed by atoms with E-state index in [4.69, 9.17) is 4.55 Å². The molecule has 0 aliphatic rings. The van der Waals surface area contributed by atoms with E-state index in [0.29, 0.717) is 0 Å². The molecule has 0 aliphatic carbocycles. The van der Waals surface area contributed by atoms with Crippen LogP contribution in [0, 0.1) is 0 Å². The number of nitrogens with zero attached hydrogens (tertiary/aromatic N) is 1. The molecule has 0 aromatic heterocycles. The van der Waals surface area contributed by atoms with E-state index in [-0.39, 0.29) is 0 Å². The average Bonchev–Trinajstić information content (AvgIpc) is 1.88. The van der Waals surface area contributed by atoms with Gasteiger partial charge in [-0.05, 0) is 0 Å².